The van der Waals surface area contributed by atoms with Crippen molar-refractivity contribution in [1.82, 2.24) is 19.1 Å². The Balaban J connectivity index is 1.67. The average molecular weight is 474 g/mol. The van der Waals surface area contributed by atoms with Crippen LogP contribution in [0.1, 0.15) is 23.9 Å². The van der Waals surface area contributed by atoms with Crippen LogP contribution < -0.4 is 5.32 Å². The fourth-order valence-electron chi connectivity index (χ4n) is 3.13. The quantitative estimate of drug-likeness (QED) is 0.480. The summed E-state index contributed by atoms with van der Waals surface area (Å²) >= 11 is 1.30. The predicted octanol–water partition coefficient (Wildman–Crippen LogP) is 3.18. The van der Waals surface area contributed by atoms with Crippen molar-refractivity contribution in [2.45, 2.75) is 36.9 Å². The summed E-state index contributed by atoms with van der Waals surface area (Å²) in [5.74, 6) is 0.730. The molecule has 0 aliphatic heterocycles. The Morgan fingerprint density at radius 1 is 1.12 bits per heavy atom. The summed E-state index contributed by atoms with van der Waals surface area (Å²) in [5.41, 5.74) is 2.20. The van der Waals surface area contributed by atoms with E-state index in [9.17, 15) is 13.2 Å². The Morgan fingerprint density at radius 3 is 2.50 bits per heavy atom. The van der Waals surface area contributed by atoms with Gasteiger partial charge in [0.25, 0.3) is 0 Å². The molecule has 10 heteroatoms. The number of aryl methyl sites for hydroxylation is 1. The fourth-order valence-corrected chi connectivity index (χ4v) is 5.10. The maximum absolute atomic E-state index is 12.5. The Labute approximate surface area is 193 Å². The largest absolute Gasteiger partial charge is 0.325 e. The second kappa shape index (κ2) is 10.3. The van der Waals surface area contributed by atoms with Crippen molar-refractivity contribution in [2.24, 2.45) is 0 Å². The zero-order valence-electron chi connectivity index (χ0n) is 18.6. The van der Waals surface area contributed by atoms with E-state index in [0.29, 0.717) is 29.4 Å². The van der Waals surface area contributed by atoms with Gasteiger partial charge in [0.1, 0.15) is 5.82 Å². The molecule has 0 atom stereocenters. The van der Waals surface area contributed by atoms with Crippen LogP contribution in [0.25, 0.3) is 0 Å². The lowest BCUT2D eigenvalue weighted by Gasteiger charge is -2.15. The lowest BCUT2D eigenvalue weighted by atomic mass is 10.1. The summed E-state index contributed by atoms with van der Waals surface area (Å²) in [6.45, 7) is 4.44. The summed E-state index contributed by atoms with van der Waals surface area (Å²) in [7, 11) is -0.641. The van der Waals surface area contributed by atoms with Gasteiger partial charge in [-0.25, -0.2) is 12.7 Å². The zero-order valence-corrected chi connectivity index (χ0v) is 20.2. The number of nitrogens with zero attached hydrogens (tertiary/aromatic N) is 4. The summed E-state index contributed by atoms with van der Waals surface area (Å²) in [5, 5.41) is 12.0. The standard InChI is InChI=1S/C22H27N5O3S2/c1-5-27-20(13-17-9-7-6-8-10-17)24-25-22(27)31-15-21(28)23-18-12-11-16(2)19(14-18)32(29,30)26(3)4/h6-12,14H,5,13,15H2,1-4H3,(H,23,28). The van der Waals surface area contributed by atoms with Gasteiger partial charge in [-0.3, -0.25) is 4.79 Å². The van der Waals surface area contributed by atoms with Crippen LogP contribution in [-0.2, 0) is 27.8 Å². The molecule has 1 aromatic heterocycles. The van der Waals surface area contributed by atoms with Gasteiger partial charge in [0, 0.05) is 32.7 Å². The van der Waals surface area contributed by atoms with E-state index in [1.165, 1.54) is 31.9 Å². The number of rotatable bonds is 9. The van der Waals surface area contributed by atoms with Crippen LogP contribution in [0.5, 0.6) is 0 Å². The Kier molecular flexibility index (Phi) is 7.70. The smallest absolute Gasteiger partial charge is 0.242 e. The van der Waals surface area contributed by atoms with Crippen molar-refractivity contribution >= 4 is 33.4 Å². The van der Waals surface area contributed by atoms with E-state index < -0.39 is 10.0 Å². The van der Waals surface area contributed by atoms with Crippen LogP contribution in [-0.4, -0.2) is 53.2 Å². The first-order chi connectivity index (χ1) is 15.2. The minimum atomic E-state index is -3.60. The second-order valence-electron chi connectivity index (χ2n) is 7.41. The number of hydrogen-bond donors (Lipinski definition) is 1. The maximum atomic E-state index is 12.5. The van der Waals surface area contributed by atoms with E-state index >= 15 is 0 Å². The third-order valence-corrected chi connectivity index (χ3v) is 7.80. The van der Waals surface area contributed by atoms with Crippen LogP contribution in [0.2, 0.25) is 0 Å². The van der Waals surface area contributed by atoms with Gasteiger partial charge in [-0.15, -0.1) is 10.2 Å². The molecule has 0 aliphatic carbocycles. The highest BCUT2D eigenvalue weighted by molar-refractivity contribution is 7.99. The summed E-state index contributed by atoms with van der Waals surface area (Å²) in [6, 6.07) is 14.9. The van der Waals surface area contributed by atoms with E-state index in [-0.39, 0.29) is 16.6 Å². The molecular weight excluding hydrogens is 446 g/mol. The van der Waals surface area contributed by atoms with Crippen LogP contribution >= 0.6 is 11.8 Å². The molecule has 3 aromatic rings. The molecule has 32 heavy (non-hydrogen) atoms. The third-order valence-electron chi connectivity index (χ3n) is 4.88. The first-order valence-corrected chi connectivity index (χ1v) is 12.6. The summed E-state index contributed by atoms with van der Waals surface area (Å²) < 4.78 is 28.1. The Morgan fingerprint density at radius 2 is 1.84 bits per heavy atom. The average Bonchev–Trinajstić information content (AvgIpc) is 3.15. The number of carbonyl (C=O) groups excluding carboxylic acids is 1. The molecule has 0 radical (unpaired) electrons. The zero-order chi connectivity index (χ0) is 23.3. The highest BCUT2D eigenvalue weighted by atomic mass is 32.2. The number of amides is 1. The normalized spacial score (nSPS) is 11.7. The van der Waals surface area contributed by atoms with Gasteiger partial charge < -0.3 is 9.88 Å². The van der Waals surface area contributed by atoms with Gasteiger partial charge in [0.2, 0.25) is 15.9 Å². The number of nitrogens with one attached hydrogen (secondary N) is 1. The molecule has 0 saturated carbocycles. The lowest BCUT2D eigenvalue weighted by Crippen LogP contribution is -2.23. The van der Waals surface area contributed by atoms with Crippen molar-refractivity contribution in [3.8, 4) is 0 Å². The molecule has 8 nitrogen and oxygen atoms in total. The van der Waals surface area contributed by atoms with E-state index in [2.05, 4.69) is 15.5 Å². The molecule has 1 N–H and O–H groups in total. The minimum absolute atomic E-state index is 0.132. The van der Waals surface area contributed by atoms with Crippen molar-refractivity contribution in [3.05, 3.63) is 65.5 Å². The number of carbonyl (C=O) groups is 1. The number of sulfonamides is 1. The third kappa shape index (κ3) is 5.56. The summed E-state index contributed by atoms with van der Waals surface area (Å²) in [6.07, 6.45) is 0.668. The van der Waals surface area contributed by atoms with Gasteiger partial charge in [0.15, 0.2) is 5.16 Å². The van der Waals surface area contributed by atoms with Gasteiger partial charge in [-0.1, -0.05) is 48.2 Å². The monoisotopic (exact) mass is 473 g/mol. The van der Waals surface area contributed by atoms with Crippen LogP contribution in [0.15, 0.2) is 58.6 Å². The van der Waals surface area contributed by atoms with Gasteiger partial charge in [-0.05, 0) is 37.1 Å². The molecule has 2 aromatic carbocycles. The number of aromatic nitrogens is 3. The molecular formula is C22H27N5O3S2. The van der Waals surface area contributed by atoms with Crippen LogP contribution in [0.3, 0.4) is 0 Å². The molecule has 1 amide bonds. The first-order valence-electron chi connectivity index (χ1n) is 10.1. The first kappa shape index (κ1) is 24.0. The van der Waals surface area contributed by atoms with Crippen LogP contribution in [0, 0.1) is 6.92 Å². The number of thioether (sulfide) groups is 1. The lowest BCUT2D eigenvalue weighted by molar-refractivity contribution is -0.113. The van der Waals surface area contributed by atoms with Crippen molar-refractivity contribution < 1.29 is 13.2 Å². The SMILES string of the molecule is CCn1c(Cc2ccccc2)nnc1SCC(=O)Nc1ccc(C)c(S(=O)(=O)N(C)C)c1. The molecule has 170 valence electrons. The molecule has 0 aliphatic rings. The number of hydrogen-bond acceptors (Lipinski definition) is 6. The van der Waals surface area contributed by atoms with Gasteiger partial charge >= 0.3 is 0 Å². The van der Waals surface area contributed by atoms with E-state index in [0.717, 1.165) is 15.7 Å². The highest BCUT2D eigenvalue weighted by Crippen LogP contribution is 2.23. The predicted molar refractivity (Wildman–Crippen MR) is 126 cm³/mol. The van der Waals surface area contributed by atoms with Crippen LogP contribution in [0.4, 0.5) is 5.69 Å². The Bertz CT molecular complexity index is 1190. The van der Waals surface area contributed by atoms with Gasteiger partial charge in [-0.2, -0.15) is 0 Å². The molecule has 0 unspecified atom stereocenters. The molecule has 0 spiro atoms. The molecule has 3 rings (SSSR count). The Hall–Kier alpha value is -2.69. The second-order valence-corrected chi connectivity index (χ2v) is 10.5. The maximum Gasteiger partial charge on any atom is 0.242 e. The van der Waals surface area contributed by atoms with Crippen molar-refractivity contribution in [3.63, 3.8) is 0 Å². The molecule has 0 bridgehead atoms. The number of benzene rings is 2. The topological polar surface area (TPSA) is 97.2 Å². The van der Waals surface area contributed by atoms with Crippen molar-refractivity contribution in [1.29, 1.82) is 0 Å². The molecule has 0 saturated heterocycles. The van der Waals surface area contributed by atoms with E-state index in [1.807, 2.05) is 41.8 Å². The molecule has 0 fully saturated rings. The fraction of sp³-hybridized carbons (Fsp3) is 0.318. The summed E-state index contributed by atoms with van der Waals surface area (Å²) in [4.78, 5) is 12.7. The highest BCUT2D eigenvalue weighted by Gasteiger charge is 2.20. The van der Waals surface area contributed by atoms with E-state index in [1.54, 1.807) is 19.1 Å². The number of anilines is 1. The minimum Gasteiger partial charge on any atom is -0.325 e. The van der Waals surface area contributed by atoms with Gasteiger partial charge in [0.05, 0.1) is 10.6 Å². The molecule has 1 heterocycles. The van der Waals surface area contributed by atoms with Crippen molar-refractivity contribution in [2.75, 3.05) is 25.2 Å². The van der Waals surface area contributed by atoms with E-state index in [4.69, 9.17) is 0 Å².